The molecule has 23 heavy (non-hydrogen) atoms. The molecule has 3 nitrogen and oxygen atoms in total. The van der Waals surface area contributed by atoms with Crippen molar-refractivity contribution < 1.29 is 14.6 Å². The molecule has 2 rings (SSSR count). The van der Waals surface area contributed by atoms with Crippen LogP contribution in [0.4, 0.5) is 0 Å². The van der Waals surface area contributed by atoms with Gasteiger partial charge in [-0.2, -0.15) is 0 Å². The standard InChI is InChI=1S/C16H10Br2Cl2O3/c17-11-5-9(2-4-15(21)22)6-12(18)16(11)23-8-10-1-3-13(19)14(20)7-10/h1-7H,8H2,(H,21,22). The molecule has 2 aromatic carbocycles. The number of benzene rings is 2. The lowest BCUT2D eigenvalue weighted by Crippen LogP contribution is -1.97. The van der Waals surface area contributed by atoms with Crippen LogP contribution in [0.25, 0.3) is 6.08 Å². The normalized spacial score (nSPS) is 11.0. The fourth-order valence-corrected chi connectivity index (χ4v) is 3.54. The average molecular weight is 481 g/mol. The number of hydrogen-bond acceptors (Lipinski definition) is 2. The molecule has 7 heteroatoms. The lowest BCUT2D eigenvalue weighted by molar-refractivity contribution is -0.131. The summed E-state index contributed by atoms with van der Waals surface area (Å²) >= 11 is 18.7. The van der Waals surface area contributed by atoms with Crippen molar-refractivity contribution in [3.8, 4) is 5.75 Å². The molecule has 0 saturated heterocycles. The van der Waals surface area contributed by atoms with Gasteiger partial charge in [-0.05, 0) is 73.3 Å². The summed E-state index contributed by atoms with van der Waals surface area (Å²) in [4.78, 5) is 10.6. The molecule has 0 saturated carbocycles. The number of carboxylic acid groups (broad SMARTS) is 1. The Morgan fingerprint density at radius 3 is 2.35 bits per heavy atom. The quantitative estimate of drug-likeness (QED) is 0.518. The van der Waals surface area contributed by atoms with E-state index >= 15 is 0 Å². The molecular weight excluding hydrogens is 471 g/mol. The minimum atomic E-state index is -1.00. The molecule has 0 unspecified atom stereocenters. The molecule has 0 heterocycles. The molecule has 0 aliphatic carbocycles. The molecule has 0 spiro atoms. The first kappa shape index (κ1) is 18.3. The minimum Gasteiger partial charge on any atom is -0.487 e. The van der Waals surface area contributed by atoms with E-state index in [-0.39, 0.29) is 0 Å². The van der Waals surface area contributed by atoms with Gasteiger partial charge in [0, 0.05) is 6.08 Å². The van der Waals surface area contributed by atoms with E-state index in [9.17, 15) is 4.79 Å². The number of rotatable bonds is 5. The van der Waals surface area contributed by atoms with Gasteiger partial charge in [0.1, 0.15) is 12.4 Å². The fraction of sp³-hybridized carbons (Fsp3) is 0.0625. The summed E-state index contributed by atoms with van der Waals surface area (Å²) in [6.07, 6.45) is 2.57. The predicted molar refractivity (Wildman–Crippen MR) is 99.3 cm³/mol. The first-order valence-electron chi connectivity index (χ1n) is 6.33. The van der Waals surface area contributed by atoms with Gasteiger partial charge < -0.3 is 9.84 Å². The third-order valence-electron chi connectivity index (χ3n) is 2.81. The maximum Gasteiger partial charge on any atom is 0.328 e. The van der Waals surface area contributed by atoms with Gasteiger partial charge in [-0.1, -0.05) is 29.3 Å². The highest BCUT2D eigenvalue weighted by Crippen LogP contribution is 2.36. The van der Waals surface area contributed by atoms with Crippen LogP contribution in [0, 0.1) is 0 Å². The Bertz CT molecular complexity index is 753. The molecule has 0 amide bonds. The van der Waals surface area contributed by atoms with E-state index in [1.807, 2.05) is 6.07 Å². The second kappa shape index (κ2) is 8.20. The van der Waals surface area contributed by atoms with Crippen LogP contribution >= 0.6 is 55.1 Å². The van der Waals surface area contributed by atoms with Gasteiger partial charge in [-0.15, -0.1) is 0 Å². The Labute approximate surface area is 160 Å². The van der Waals surface area contributed by atoms with Crippen LogP contribution in [-0.2, 0) is 11.4 Å². The van der Waals surface area contributed by atoms with Gasteiger partial charge in [0.25, 0.3) is 0 Å². The van der Waals surface area contributed by atoms with Crippen molar-refractivity contribution in [1.82, 2.24) is 0 Å². The van der Waals surface area contributed by atoms with Crippen LogP contribution in [0.15, 0.2) is 45.4 Å². The Morgan fingerprint density at radius 2 is 1.78 bits per heavy atom. The molecule has 0 aliphatic heterocycles. The number of ether oxygens (including phenoxy) is 1. The fourth-order valence-electron chi connectivity index (χ4n) is 1.77. The zero-order valence-electron chi connectivity index (χ0n) is 11.5. The van der Waals surface area contributed by atoms with E-state index in [0.29, 0.717) is 31.3 Å². The van der Waals surface area contributed by atoms with Crippen molar-refractivity contribution in [3.63, 3.8) is 0 Å². The summed E-state index contributed by atoms with van der Waals surface area (Å²) in [6.45, 7) is 0.318. The monoisotopic (exact) mass is 478 g/mol. The predicted octanol–water partition coefficient (Wildman–Crippen LogP) is 6.20. The lowest BCUT2D eigenvalue weighted by Gasteiger charge is -2.12. The van der Waals surface area contributed by atoms with Crippen LogP contribution in [0.1, 0.15) is 11.1 Å². The molecule has 120 valence electrons. The van der Waals surface area contributed by atoms with Crippen LogP contribution < -0.4 is 4.74 Å². The lowest BCUT2D eigenvalue weighted by atomic mass is 10.2. The number of carbonyl (C=O) groups is 1. The zero-order chi connectivity index (χ0) is 17.0. The first-order chi connectivity index (χ1) is 10.9. The third-order valence-corrected chi connectivity index (χ3v) is 4.72. The van der Waals surface area contributed by atoms with E-state index in [0.717, 1.165) is 17.2 Å². The molecule has 1 N–H and O–H groups in total. The second-order valence-corrected chi connectivity index (χ2v) is 7.05. The summed E-state index contributed by atoms with van der Waals surface area (Å²) in [5.74, 6) is -0.388. The van der Waals surface area contributed by atoms with E-state index < -0.39 is 5.97 Å². The van der Waals surface area contributed by atoms with Gasteiger partial charge in [0.15, 0.2) is 0 Å². The van der Waals surface area contributed by atoms with Crippen molar-refractivity contribution >= 4 is 67.1 Å². The van der Waals surface area contributed by atoms with Gasteiger partial charge >= 0.3 is 5.97 Å². The molecule has 0 fully saturated rings. The molecule has 0 radical (unpaired) electrons. The Morgan fingerprint density at radius 1 is 1.13 bits per heavy atom. The number of hydrogen-bond donors (Lipinski definition) is 1. The Kier molecular flexibility index (Phi) is 6.53. The van der Waals surface area contributed by atoms with Crippen molar-refractivity contribution in [3.05, 3.63) is 66.5 Å². The largest absolute Gasteiger partial charge is 0.487 e. The second-order valence-electron chi connectivity index (χ2n) is 4.52. The zero-order valence-corrected chi connectivity index (χ0v) is 16.2. The summed E-state index contributed by atoms with van der Waals surface area (Å²) in [5.41, 5.74) is 1.61. The maximum absolute atomic E-state index is 10.6. The molecule has 0 atom stereocenters. The molecule has 0 aromatic heterocycles. The molecule has 0 bridgehead atoms. The first-order valence-corrected chi connectivity index (χ1v) is 8.68. The van der Waals surface area contributed by atoms with E-state index in [1.165, 1.54) is 6.08 Å². The van der Waals surface area contributed by atoms with Gasteiger partial charge in [-0.3, -0.25) is 0 Å². The highest BCUT2D eigenvalue weighted by molar-refractivity contribution is 9.11. The summed E-state index contributed by atoms with van der Waals surface area (Å²) in [7, 11) is 0. The minimum absolute atomic E-state index is 0.318. The topological polar surface area (TPSA) is 46.5 Å². The smallest absolute Gasteiger partial charge is 0.328 e. The number of carboxylic acids is 1. The SMILES string of the molecule is O=C(O)C=Cc1cc(Br)c(OCc2ccc(Cl)c(Cl)c2)c(Br)c1. The van der Waals surface area contributed by atoms with Crippen molar-refractivity contribution in [2.45, 2.75) is 6.61 Å². The highest BCUT2D eigenvalue weighted by atomic mass is 79.9. The third kappa shape index (κ3) is 5.24. The molecule has 0 aliphatic rings. The molecular formula is C16H10Br2Cl2O3. The van der Waals surface area contributed by atoms with Gasteiger partial charge in [0.2, 0.25) is 0 Å². The van der Waals surface area contributed by atoms with E-state index in [4.69, 9.17) is 33.0 Å². The Balaban J connectivity index is 2.16. The average Bonchev–Trinajstić information content (AvgIpc) is 2.48. The van der Waals surface area contributed by atoms with Crippen LogP contribution in [0.5, 0.6) is 5.75 Å². The van der Waals surface area contributed by atoms with E-state index in [2.05, 4.69) is 31.9 Å². The number of halogens is 4. The van der Waals surface area contributed by atoms with Crippen LogP contribution in [-0.4, -0.2) is 11.1 Å². The number of aliphatic carboxylic acids is 1. The summed E-state index contributed by atoms with van der Waals surface area (Å²) in [6, 6.07) is 8.84. The van der Waals surface area contributed by atoms with Crippen molar-refractivity contribution in [2.75, 3.05) is 0 Å². The van der Waals surface area contributed by atoms with Crippen LogP contribution in [0.2, 0.25) is 10.0 Å². The highest BCUT2D eigenvalue weighted by Gasteiger charge is 2.09. The van der Waals surface area contributed by atoms with Crippen molar-refractivity contribution in [2.24, 2.45) is 0 Å². The summed E-state index contributed by atoms with van der Waals surface area (Å²) < 4.78 is 7.20. The maximum atomic E-state index is 10.6. The summed E-state index contributed by atoms with van der Waals surface area (Å²) in [5, 5.41) is 9.63. The Hall–Kier alpha value is -1.01. The van der Waals surface area contributed by atoms with E-state index in [1.54, 1.807) is 24.3 Å². The van der Waals surface area contributed by atoms with Crippen molar-refractivity contribution in [1.29, 1.82) is 0 Å². The van der Waals surface area contributed by atoms with Gasteiger partial charge in [-0.25, -0.2) is 4.79 Å². The van der Waals surface area contributed by atoms with Gasteiger partial charge in [0.05, 0.1) is 19.0 Å². The molecule has 2 aromatic rings. The van der Waals surface area contributed by atoms with Crippen LogP contribution in [0.3, 0.4) is 0 Å².